The van der Waals surface area contributed by atoms with Gasteiger partial charge in [0.15, 0.2) is 0 Å². The molecule has 0 aliphatic heterocycles. The van der Waals surface area contributed by atoms with Crippen LogP contribution in [0.15, 0.2) is 23.1 Å². The van der Waals surface area contributed by atoms with E-state index in [2.05, 4.69) is 0 Å². The first-order valence-corrected chi connectivity index (χ1v) is 4.62. The van der Waals surface area contributed by atoms with Gasteiger partial charge >= 0.3 is 0 Å². The van der Waals surface area contributed by atoms with E-state index in [1.165, 1.54) is 12.1 Å². The smallest absolute Gasteiger partial charge is 0.298 e. The molecule has 0 heterocycles. The summed E-state index contributed by atoms with van der Waals surface area (Å²) in [6.07, 6.45) is 0. The fraction of sp³-hybridized carbons (Fsp3) is 0.143. The number of rotatable bonds is 1. The zero-order valence-electron chi connectivity index (χ0n) is 6.65. The summed E-state index contributed by atoms with van der Waals surface area (Å²) in [7, 11) is -4.31. The second-order valence-electron chi connectivity index (χ2n) is 2.45. The summed E-state index contributed by atoms with van der Waals surface area (Å²) >= 11 is 0. The van der Waals surface area contributed by atoms with Crippen molar-refractivity contribution in [2.24, 2.45) is 0 Å². The van der Waals surface area contributed by atoms with Gasteiger partial charge in [-0.05, 0) is 24.6 Å². The zero-order valence-corrected chi connectivity index (χ0v) is 8.95. The molecule has 77 valence electrons. The molecule has 0 fully saturated rings. The van der Waals surface area contributed by atoms with Gasteiger partial charge in [-0.1, -0.05) is 6.07 Å². The van der Waals surface area contributed by atoms with Crippen LogP contribution >= 0.6 is 0 Å². The van der Waals surface area contributed by atoms with Gasteiger partial charge in [0.05, 0.1) is 0 Å². The largest absolute Gasteiger partial charge is 0.506 e. The number of phenols is 1. The van der Waals surface area contributed by atoms with Gasteiger partial charge in [-0.15, -0.1) is 0 Å². The van der Waals surface area contributed by atoms with Gasteiger partial charge in [0.2, 0.25) is 0 Å². The maximum Gasteiger partial charge on any atom is 0.298 e. The van der Waals surface area contributed by atoms with Gasteiger partial charge in [0, 0.05) is 22.4 Å². The second-order valence-corrected chi connectivity index (χ2v) is 3.84. The van der Waals surface area contributed by atoms with Crippen molar-refractivity contribution in [3.63, 3.8) is 0 Å². The van der Waals surface area contributed by atoms with Crippen LogP contribution in [0.2, 0.25) is 0 Å². The molecule has 2 N–H and O–H groups in total. The van der Waals surface area contributed by atoms with E-state index in [0.29, 0.717) is 5.56 Å². The average Bonchev–Trinajstić information content (AvgIpc) is 1.92. The fourth-order valence-electron chi connectivity index (χ4n) is 0.828. The quantitative estimate of drug-likeness (QED) is 0.597. The van der Waals surface area contributed by atoms with Crippen molar-refractivity contribution in [1.29, 1.82) is 0 Å². The first kappa shape index (κ1) is 12.7. The SMILES string of the molecule is Cc1ccc(O)c(S(=O)(=O)O)c1.[Ag]. The molecule has 0 amide bonds. The topological polar surface area (TPSA) is 74.6 Å². The third-order valence-electron chi connectivity index (χ3n) is 1.39. The van der Waals surface area contributed by atoms with Crippen molar-refractivity contribution < 1.29 is 40.5 Å². The fourth-order valence-corrected chi connectivity index (χ4v) is 1.50. The van der Waals surface area contributed by atoms with E-state index in [0.717, 1.165) is 0 Å². The zero-order chi connectivity index (χ0) is 9.35. The van der Waals surface area contributed by atoms with Crippen LogP contribution in [0.3, 0.4) is 0 Å². The predicted octanol–water partition coefficient (Wildman–Crippen LogP) is 0.945. The second kappa shape index (κ2) is 4.26. The Morgan fingerprint density at radius 2 is 1.85 bits per heavy atom. The van der Waals surface area contributed by atoms with Crippen LogP contribution in [0.5, 0.6) is 5.75 Å². The molecule has 1 radical (unpaired) electrons. The van der Waals surface area contributed by atoms with E-state index >= 15 is 0 Å². The molecule has 4 nitrogen and oxygen atoms in total. The maximum atomic E-state index is 10.6. The molecule has 6 heteroatoms. The molecule has 0 aliphatic carbocycles. The van der Waals surface area contributed by atoms with Crippen molar-refractivity contribution >= 4 is 10.1 Å². The summed E-state index contributed by atoms with van der Waals surface area (Å²) in [6.45, 7) is 1.66. The predicted molar refractivity (Wildman–Crippen MR) is 42.7 cm³/mol. The molecule has 0 aromatic heterocycles. The van der Waals surface area contributed by atoms with Crippen LogP contribution in [-0.2, 0) is 32.5 Å². The molecule has 0 spiro atoms. The minimum absolute atomic E-state index is 0. The van der Waals surface area contributed by atoms with Gasteiger partial charge < -0.3 is 5.11 Å². The molecule has 0 unspecified atom stereocenters. The monoisotopic (exact) mass is 295 g/mol. The van der Waals surface area contributed by atoms with Crippen LogP contribution in [0.25, 0.3) is 0 Å². The number of hydrogen-bond donors (Lipinski definition) is 2. The number of benzene rings is 1. The molecular formula is C7H8AgO4S. The van der Waals surface area contributed by atoms with Crippen molar-refractivity contribution in [2.75, 3.05) is 0 Å². The summed E-state index contributed by atoms with van der Waals surface area (Å²) in [5.74, 6) is -0.442. The maximum absolute atomic E-state index is 10.6. The molecule has 1 aromatic carbocycles. The van der Waals surface area contributed by atoms with E-state index in [9.17, 15) is 8.42 Å². The van der Waals surface area contributed by atoms with Crippen molar-refractivity contribution in [3.05, 3.63) is 23.8 Å². The summed E-state index contributed by atoms with van der Waals surface area (Å²) in [4.78, 5) is -0.456. The molecule has 0 bridgehead atoms. The standard InChI is InChI=1S/C7H8O4S.Ag/c1-5-2-3-6(8)7(4-5)12(9,10)11;/h2-4,8H,1H3,(H,9,10,11);. The van der Waals surface area contributed by atoms with Crippen LogP contribution in [0.1, 0.15) is 5.56 Å². The molecule has 13 heavy (non-hydrogen) atoms. The van der Waals surface area contributed by atoms with E-state index < -0.39 is 20.8 Å². The van der Waals surface area contributed by atoms with Crippen LogP contribution in [0, 0.1) is 6.92 Å². The Hall–Kier alpha value is -0.330. The number of aryl methyl sites for hydroxylation is 1. The van der Waals surface area contributed by atoms with Crippen molar-refractivity contribution in [2.45, 2.75) is 11.8 Å². The normalized spacial score (nSPS) is 10.6. The number of phenolic OH excluding ortho intramolecular Hbond substituents is 1. The minimum Gasteiger partial charge on any atom is -0.506 e. The molecule has 0 saturated heterocycles. The molecule has 1 aromatic rings. The van der Waals surface area contributed by atoms with Crippen molar-refractivity contribution in [3.8, 4) is 5.75 Å². The molecule has 0 saturated carbocycles. The Kier molecular flexibility index (Phi) is 4.15. The number of aromatic hydroxyl groups is 1. The summed E-state index contributed by atoms with van der Waals surface area (Å²) in [6, 6.07) is 3.97. The Labute approximate surface area is 91.9 Å². The van der Waals surface area contributed by atoms with E-state index in [4.69, 9.17) is 9.66 Å². The first-order chi connectivity index (χ1) is 5.41. The van der Waals surface area contributed by atoms with Crippen LogP contribution < -0.4 is 0 Å². The Morgan fingerprint density at radius 3 is 2.23 bits per heavy atom. The Morgan fingerprint density at radius 1 is 1.31 bits per heavy atom. The van der Waals surface area contributed by atoms with Crippen LogP contribution in [-0.4, -0.2) is 18.1 Å². The summed E-state index contributed by atoms with van der Waals surface area (Å²) < 4.78 is 29.8. The minimum atomic E-state index is -4.31. The Balaban J connectivity index is 0.00000144. The molecule has 1 rings (SSSR count). The number of hydrogen-bond acceptors (Lipinski definition) is 3. The molecular weight excluding hydrogens is 288 g/mol. The Bertz CT molecular complexity index is 399. The van der Waals surface area contributed by atoms with Gasteiger partial charge in [-0.3, -0.25) is 4.55 Å². The first-order valence-electron chi connectivity index (χ1n) is 3.18. The van der Waals surface area contributed by atoms with Crippen molar-refractivity contribution in [1.82, 2.24) is 0 Å². The third kappa shape index (κ3) is 3.13. The average molecular weight is 296 g/mol. The van der Waals surface area contributed by atoms with E-state index in [-0.39, 0.29) is 22.4 Å². The van der Waals surface area contributed by atoms with Gasteiger partial charge in [-0.25, -0.2) is 0 Å². The van der Waals surface area contributed by atoms with Crippen LogP contribution in [0.4, 0.5) is 0 Å². The van der Waals surface area contributed by atoms with Gasteiger partial charge in [0.25, 0.3) is 10.1 Å². The van der Waals surface area contributed by atoms with E-state index in [1.807, 2.05) is 0 Å². The van der Waals surface area contributed by atoms with Gasteiger partial charge in [0.1, 0.15) is 10.6 Å². The van der Waals surface area contributed by atoms with E-state index in [1.54, 1.807) is 13.0 Å². The van der Waals surface area contributed by atoms with Gasteiger partial charge in [-0.2, -0.15) is 8.42 Å². The summed E-state index contributed by atoms with van der Waals surface area (Å²) in [5, 5.41) is 9.03. The summed E-state index contributed by atoms with van der Waals surface area (Å²) in [5.41, 5.74) is 0.653. The molecule has 0 aliphatic rings. The third-order valence-corrected chi connectivity index (χ3v) is 2.28. The molecule has 0 atom stereocenters.